The lowest BCUT2D eigenvalue weighted by Crippen LogP contribution is -2.32. The van der Waals surface area contributed by atoms with Gasteiger partial charge in [0.05, 0.1) is 29.0 Å². The van der Waals surface area contributed by atoms with Crippen LogP contribution in [0.5, 0.6) is 5.75 Å². The highest BCUT2D eigenvalue weighted by Gasteiger charge is 2.31. The lowest BCUT2D eigenvalue weighted by Gasteiger charge is -2.22. The fourth-order valence-corrected chi connectivity index (χ4v) is 7.44. The maximum atomic E-state index is 11.9. The number of nitrogen functional groups attached to an aromatic ring is 1. The Hall–Kier alpha value is -2.69. The number of anilines is 1. The van der Waals surface area contributed by atoms with E-state index >= 15 is 0 Å². The maximum absolute atomic E-state index is 11.9. The van der Waals surface area contributed by atoms with Gasteiger partial charge in [0.25, 0.3) is 0 Å². The predicted octanol–water partition coefficient (Wildman–Crippen LogP) is 3.13. The second kappa shape index (κ2) is 7.72. The van der Waals surface area contributed by atoms with E-state index in [-0.39, 0.29) is 17.5 Å². The highest BCUT2D eigenvalue weighted by Crippen LogP contribution is 2.42. The SMILES string of the molecule is COc1cc(C)cc2cc(-c3cc(CN(C)C4CCS(=O)(=O)C4)n4ncnc(N)c34)sc12. The number of aryl methyl sites for hydroxylation is 1. The standard InChI is InChI=1S/C22H25N5O3S2/c1-13-6-14-8-19(31-21(14)18(7-13)30-3)17-9-16(27-20(17)22(23)24-12-25-27)10-26(2)15-4-5-32(28,29)11-15/h6-9,12,15H,4-5,10-11H2,1-3H3,(H2,23,24,25). The molecule has 5 rings (SSSR count). The normalized spacial score (nSPS) is 18.2. The first kappa shape index (κ1) is 21.2. The topological polar surface area (TPSA) is 103 Å². The smallest absolute Gasteiger partial charge is 0.152 e. The number of methoxy groups -OCH3 is 1. The van der Waals surface area contributed by atoms with Crippen molar-refractivity contribution in [2.24, 2.45) is 0 Å². The Labute approximate surface area is 190 Å². The number of benzene rings is 1. The average molecular weight is 472 g/mol. The summed E-state index contributed by atoms with van der Waals surface area (Å²) in [5.41, 5.74) is 10.1. The Balaban J connectivity index is 1.60. The quantitative estimate of drug-likeness (QED) is 0.477. The molecule has 1 aliphatic rings. The zero-order valence-electron chi connectivity index (χ0n) is 18.2. The molecule has 0 radical (unpaired) electrons. The number of nitrogens with two attached hydrogens (primary N) is 1. The van der Waals surface area contributed by atoms with Crippen LogP contribution in [0.25, 0.3) is 26.0 Å². The van der Waals surface area contributed by atoms with E-state index in [1.807, 2.05) is 17.6 Å². The zero-order valence-corrected chi connectivity index (χ0v) is 19.8. The lowest BCUT2D eigenvalue weighted by molar-refractivity contribution is 0.249. The van der Waals surface area contributed by atoms with Crippen molar-refractivity contribution >= 4 is 42.6 Å². The molecule has 168 valence electrons. The van der Waals surface area contributed by atoms with Crippen LogP contribution in [0.3, 0.4) is 0 Å². The molecule has 2 N–H and O–H groups in total. The van der Waals surface area contributed by atoms with Crippen molar-refractivity contribution in [1.29, 1.82) is 0 Å². The summed E-state index contributed by atoms with van der Waals surface area (Å²) in [6.45, 7) is 2.61. The van der Waals surface area contributed by atoms with Gasteiger partial charge in [-0.15, -0.1) is 11.3 Å². The summed E-state index contributed by atoms with van der Waals surface area (Å²) in [6, 6.07) is 8.42. The molecular weight excluding hydrogens is 446 g/mol. The number of hydrogen-bond acceptors (Lipinski definition) is 8. The number of aromatic nitrogens is 3. The van der Waals surface area contributed by atoms with Gasteiger partial charge in [0.2, 0.25) is 0 Å². The summed E-state index contributed by atoms with van der Waals surface area (Å²) < 4.78 is 32.4. The molecule has 1 aromatic carbocycles. The number of rotatable bonds is 5. The molecule has 0 bridgehead atoms. The lowest BCUT2D eigenvalue weighted by atomic mass is 10.1. The van der Waals surface area contributed by atoms with E-state index in [4.69, 9.17) is 10.5 Å². The molecule has 4 heterocycles. The summed E-state index contributed by atoms with van der Waals surface area (Å²) in [5, 5.41) is 5.58. The number of thiophene rings is 1. The average Bonchev–Trinajstić information content (AvgIpc) is 3.43. The van der Waals surface area contributed by atoms with E-state index < -0.39 is 9.84 Å². The molecule has 0 spiro atoms. The minimum Gasteiger partial charge on any atom is -0.495 e. The molecule has 0 amide bonds. The fourth-order valence-electron chi connectivity index (χ4n) is 4.49. The van der Waals surface area contributed by atoms with E-state index in [9.17, 15) is 8.42 Å². The summed E-state index contributed by atoms with van der Waals surface area (Å²) in [4.78, 5) is 7.36. The van der Waals surface area contributed by atoms with Gasteiger partial charge in [-0.05, 0) is 49.5 Å². The molecule has 1 fully saturated rings. The Bertz CT molecular complexity index is 1440. The van der Waals surface area contributed by atoms with Gasteiger partial charge in [0.1, 0.15) is 17.6 Å². The highest BCUT2D eigenvalue weighted by atomic mass is 32.2. The van der Waals surface area contributed by atoms with E-state index in [2.05, 4.69) is 40.1 Å². The summed E-state index contributed by atoms with van der Waals surface area (Å²) in [5.74, 6) is 1.71. The molecule has 4 aromatic rings. The Morgan fingerprint density at radius 2 is 2.12 bits per heavy atom. The molecule has 10 heteroatoms. The first-order chi connectivity index (χ1) is 15.3. The van der Waals surface area contributed by atoms with Crippen LogP contribution in [-0.4, -0.2) is 59.6 Å². The molecule has 1 aliphatic heterocycles. The molecule has 8 nitrogen and oxygen atoms in total. The number of ether oxygens (including phenoxy) is 1. The van der Waals surface area contributed by atoms with Crippen LogP contribution in [0.4, 0.5) is 5.82 Å². The van der Waals surface area contributed by atoms with E-state index in [1.165, 1.54) is 6.33 Å². The van der Waals surface area contributed by atoms with Gasteiger partial charge in [-0.25, -0.2) is 17.9 Å². The first-order valence-corrected chi connectivity index (χ1v) is 13.0. The van der Waals surface area contributed by atoms with E-state index in [0.717, 1.165) is 43.1 Å². The second-order valence-electron chi connectivity index (χ2n) is 8.42. The van der Waals surface area contributed by atoms with Crippen molar-refractivity contribution in [1.82, 2.24) is 19.5 Å². The molecule has 3 aromatic heterocycles. The van der Waals surface area contributed by atoms with Crippen molar-refractivity contribution < 1.29 is 13.2 Å². The Morgan fingerprint density at radius 3 is 2.84 bits per heavy atom. The Morgan fingerprint density at radius 1 is 1.31 bits per heavy atom. The van der Waals surface area contributed by atoms with Crippen LogP contribution in [0.1, 0.15) is 17.7 Å². The minimum atomic E-state index is -2.95. The third kappa shape index (κ3) is 3.62. The number of nitrogens with zero attached hydrogens (tertiary/aromatic N) is 4. The molecule has 0 saturated carbocycles. The van der Waals surface area contributed by atoms with Gasteiger partial charge < -0.3 is 10.5 Å². The van der Waals surface area contributed by atoms with Crippen LogP contribution < -0.4 is 10.5 Å². The largest absolute Gasteiger partial charge is 0.495 e. The van der Waals surface area contributed by atoms with Crippen LogP contribution in [0, 0.1) is 6.92 Å². The van der Waals surface area contributed by atoms with Crippen LogP contribution in [0.15, 0.2) is 30.6 Å². The van der Waals surface area contributed by atoms with Crippen molar-refractivity contribution in [2.75, 3.05) is 31.4 Å². The van der Waals surface area contributed by atoms with Gasteiger partial charge in [0.15, 0.2) is 15.7 Å². The molecule has 0 aliphatic carbocycles. The van der Waals surface area contributed by atoms with Crippen molar-refractivity contribution in [3.05, 3.63) is 41.9 Å². The molecule has 32 heavy (non-hydrogen) atoms. The third-order valence-corrected chi connectivity index (χ3v) is 9.06. The van der Waals surface area contributed by atoms with Gasteiger partial charge in [-0.2, -0.15) is 5.10 Å². The minimum absolute atomic E-state index is 0.00439. The van der Waals surface area contributed by atoms with Gasteiger partial charge in [-0.3, -0.25) is 4.90 Å². The van der Waals surface area contributed by atoms with Crippen molar-refractivity contribution in [3.63, 3.8) is 0 Å². The number of hydrogen-bond donors (Lipinski definition) is 1. The Kier molecular flexibility index (Phi) is 5.11. The molecular formula is C22H25N5O3S2. The highest BCUT2D eigenvalue weighted by molar-refractivity contribution is 7.91. The van der Waals surface area contributed by atoms with Gasteiger partial charge in [-0.1, -0.05) is 6.07 Å². The number of fused-ring (bicyclic) bond motifs is 2. The third-order valence-electron chi connectivity index (χ3n) is 6.11. The second-order valence-corrected chi connectivity index (χ2v) is 11.7. The van der Waals surface area contributed by atoms with E-state index in [1.54, 1.807) is 18.4 Å². The van der Waals surface area contributed by atoms with Crippen LogP contribution >= 0.6 is 11.3 Å². The van der Waals surface area contributed by atoms with E-state index in [0.29, 0.717) is 18.8 Å². The van der Waals surface area contributed by atoms with Crippen LogP contribution in [-0.2, 0) is 16.4 Å². The summed E-state index contributed by atoms with van der Waals surface area (Å²) in [6.07, 6.45) is 2.11. The summed E-state index contributed by atoms with van der Waals surface area (Å²) >= 11 is 1.65. The molecule has 1 unspecified atom stereocenters. The first-order valence-electron chi connectivity index (χ1n) is 10.4. The van der Waals surface area contributed by atoms with Gasteiger partial charge in [0, 0.05) is 23.0 Å². The van der Waals surface area contributed by atoms with Crippen molar-refractivity contribution in [2.45, 2.75) is 25.9 Å². The van der Waals surface area contributed by atoms with Crippen molar-refractivity contribution in [3.8, 4) is 16.2 Å². The summed E-state index contributed by atoms with van der Waals surface area (Å²) in [7, 11) is 0.696. The predicted molar refractivity (Wildman–Crippen MR) is 128 cm³/mol. The monoisotopic (exact) mass is 471 g/mol. The molecule has 1 saturated heterocycles. The van der Waals surface area contributed by atoms with Crippen LogP contribution in [0.2, 0.25) is 0 Å². The maximum Gasteiger partial charge on any atom is 0.152 e. The zero-order chi connectivity index (χ0) is 22.6. The molecule has 1 atom stereocenters. The van der Waals surface area contributed by atoms with Gasteiger partial charge >= 0.3 is 0 Å². The number of sulfone groups is 1. The fraction of sp³-hybridized carbons (Fsp3) is 0.364.